The lowest BCUT2D eigenvalue weighted by Crippen LogP contribution is -2.00. The number of hydrogen-bond acceptors (Lipinski definition) is 0. The molecule has 0 aliphatic heterocycles. The summed E-state index contributed by atoms with van der Waals surface area (Å²) in [6.45, 7) is 4.32. The lowest BCUT2D eigenvalue weighted by Gasteiger charge is -2.23. The summed E-state index contributed by atoms with van der Waals surface area (Å²) in [5.74, 6) is -3.12. The average Bonchev–Trinajstić information content (AvgIpc) is 0.752. The third-order valence-corrected chi connectivity index (χ3v) is 26.8. The zero-order valence-corrected chi connectivity index (χ0v) is 69.6. The van der Waals surface area contributed by atoms with Gasteiger partial charge in [-0.2, -0.15) is 0 Å². The summed E-state index contributed by atoms with van der Waals surface area (Å²) < 4.78 is 128. The van der Waals surface area contributed by atoms with Gasteiger partial charge in [0.1, 0.15) is 46.5 Å². The standard InChI is InChI=1S/C60H36F4N2.C58H32F4N2/c1-33-11-13-35-7-3-5-9-43(35)57(33)59-45-21-19-42(66-55-25-17-39(63)29-49(55)50-30-40(64)18-26-56(50)66)32-52(45)60(58-34(2)12-14-36-8-4-6-10-44(36)58)46-22-20-41(31-51(46)59)65-53-23-15-37(61)27-47(53)48-28-38(62)16-24-54(48)65;59-39-13-21-53-47(27-39)48-28-40(60)14-22-54(48)63(53)43-18-20-46-51(31-43)57(37-11-9-33-5-1-3-7-35(33)25-37)45-19-17-44(32-52(45)58(46)38-12-10-34-6-2-4-8-36(34)26-38)64-55-23-15-41(61)29-49(55)50-30-42(62)16-24-56(50)64/h3-32H,1-2H3;1-32H. The molecule has 4 nitrogen and oxygen atoms in total. The van der Waals surface area contributed by atoms with Crippen LogP contribution in [0.15, 0.2) is 376 Å². The molecule has 0 spiro atoms. The van der Waals surface area contributed by atoms with Crippen LogP contribution in [-0.2, 0) is 0 Å². The number of benzene rings is 22. The van der Waals surface area contributed by atoms with E-state index in [9.17, 15) is 35.1 Å². The van der Waals surface area contributed by atoms with Gasteiger partial charge >= 0.3 is 0 Å². The topological polar surface area (TPSA) is 19.7 Å². The van der Waals surface area contributed by atoms with E-state index in [1.807, 2.05) is 24.3 Å². The van der Waals surface area contributed by atoms with E-state index < -0.39 is 0 Å². The quantitative estimate of drug-likeness (QED) is 0.107. The highest BCUT2D eigenvalue weighted by atomic mass is 19.2. The van der Waals surface area contributed by atoms with Crippen molar-refractivity contribution in [1.29, 1.82) is 0 Å². The summed E-state index contributed by atoms with van der Waals surface area (Å²) in [4.78, 5) is 0. The van der Waals surface area contributed by atoms with Crippen molar-refractivity contribution in [3.8, 4) is 67.3 Å². The molecule has 4 heterocycles. The molecular formula is C118H68F8N4. The minimum Gasteiger partial charge on any atom is -0.309 e. The molecule has 26 rings (SSSR count). The minimum absolute atomic E-state index is 0.390. The predicted octanol–water partition coefficient (Wildman–Crippen LogP) is 33.4. The third-order valence-electron chi connectivity index (χ3n) is 26.8. The molecular weight excluding hydrogens is 1630 g/mol. The van der Waals surface area contributed by atoms with E-state index in [1.165, 1.54) is 97.1 Å². The number of halogens is 8. The van der Waals surface area contributed by atoms with Crippen molar-refractivity contribution in [3.05, 3.63) is 434 Å². The summed E-state index contributed by atoms with van der Waals surface area (Å²) >= 11 is 0. The van der Waals surface area contributed by atoms with E-state index in [-0.39, 0.29) is 46.5 Å². The molecule has 0 aliphatic carbocycles. The van der Waals surface area contributed by atoms with Gasteiger partial charge in [-0.05, 0) is 362 Å². The zero-order chi connectivity index (χ0) is 87.3. The van der Waals surface area contributed by atoms with E-state index in [0.717, 1.165) is 209 Å². The molecule has 0 fully saturated rings. The average molecular weight is 1690 g/mol. The van der Waals surface area contributed by atoms with Crippen LogP contribution in [-0.4, -0.2) is 18.3 Å². The fourth-order valence-electron chi connectivity index (χ4n) is 21.2. The molecule has 0 N–H and O–H groups in total. The van der Waals surface area contributed by atoms with Gasteiger partial charge in [-0.1, -0.05) is 170 Å². The lowest BCUT2D eigenvalue weighted by atomic mass is 9.81. The Bertz CT molecular complexity index is 8700. The van der Waals surface area contributed by atoms with Crippen molar-refractivity contribution >= 4 is 173 Å². The molecule has 616 valence electrons. The zero-order valence-electron chi connectivity index (χ0n) is 69.6. The Balaban J connectivity index is 0.000000140. The van der Waals surface area contributed by atoms with Gasteiger partial charge in [0.15, 0.2) is 0 Å². The first kappa shape index (κ1) is 76.0. The van der Waals surface area contributed by atoms with Crippen molar-refractivity contribution in [2.75, 3.05) is 0 Å². The number of aromatic nitrogens is 4. The Hall–Kier alpha value is -16.4. The number of nitrogens with zero attached hydrogens (tertiary/aromatic N) is 4. The maximum atomic E-state index is 15.0. The van der Waals surface area contributed by atoms with E-state index in [1.54, 1.807) is 48.5 Å². The maximum Gasteiger partial charge on any atom is 0.123 e. The van der Waals surface area contributed by atoms with Gasteiger partial charge in [0, 0.05) is 65.8 Å². The van der Waals surface area contributed by atoms with Crippen LogP contribution < -0.4 is 0 Å². The molecule has 0 atom stereocenters. The number of rotatable bonds is 8. The Morgan fingerprint density at radius 1 is 0.146 bits per heavy atom. The lowest BCUT2D eigenvalue weighted by molar-refractivity contribution is 0.628. The monoisotopic (exact) mass is 1690 g/mol. The Morgan fingerprint density at radius 3 is 0.638 bits per heavy atom. The first-order valence-corrected chi connectivity index (χ1v) is 43.2. The Morgan fingerprint density at radius 2 is 0.369 bits per heavy atom. The maximum absolute atomic E-state index is 15.0. The van der Waals surface area contributed by atoms with Crippen LogP contribution in [0.5, 0.6) is 0 Å². The van der Waals surface area contributed by atoms with Gasteiger partial charge in [-0.3, -0.25) is 0 Å². The third kappa shape index (κ3) is 11.8. The second-order valence-electron chi connectivity index (χ2n) is 34.1. The van der Waals surface area contributed by atoms with Gasteiger partial charge in [0.05, 0.1) is 44.1 Å². The van der Waals surface area contributed by atoms with Crippen LogP contribution >= 0.6 is 0 Å². The van der Waals surface area contributed by atoms with Crippen LogP contribution in [0.3, 0.4) is 0 Å². The van der Waals surface area contributed by atoms with E-state index in [2.05, 4.69) is 238 Å². The van der Waals surface area contributed by atoms with Crippen LogP contribution in [0.4, 0.5) is 35.1 Å². The molecule has 0 saturated carbocycles. The van der Waals surface area contributed by atoms with Gasteiger partial charge in [0.2, 0.25) is 0 Å². The van der Waals surface area contributed by atoms with Gasteiger partial charge < -0.3 is 18.3 Å². The second kappa shape index (κ2) is 29.1. The first-order valence-electron chi connectivity index (χ1n) is 43.2. The minimum atomic E-state index is -0.390. The molecule has 0 aliphatic rings. The highest BCUT2D eigenvalue weighted by molar-refractivity contribution is 6.28. The van der Waals surface area contributed by atoms with Crippen molar-refractivity contribution < 1.29 is 35.1 Å². The van der Waals surface area contributed by atoms with Crippen molar-refractivity contribution in [3.63, 3.8) is 0 Å². The molecule has 0 bridgehead atoms. The first-order chi connectivity index (χ1) is 63.5. The van der Waals surface area contributed by atoms with E-state index >= 15 is 0 Å². The van der Waals surface area contributed by atoms with Crippen LogP contribution in [0.2, 0.25) is 0 Å². The van der Waals surface area contributed by atoms with Gasteiger partial charge in [-0.25, -0.2) is 35.1 Å². The number of aryl methyl sites for hydroxylation is 2. The van der Waals surface area contributed by atoms with Crippen LogP contribution in [0, 0.1) is 60.4 Å². The van der Waals surface area contributed by atoms with Crippen molar-refractivity contribution in [2.24, 2.45) is 0 Å². The highest BCUT2D eigenvalue weighted by Gasteiger charge is 2.28. The van der Waals surface area contributed by atoms with Gasteiger partial charge in [-0.15, -0.1) is 0 Å². The second-order valence-corrected chi connectivity index (χ2v) is 34.1. The van der Waals surface area contributed by atoms with Gasteiger partial charge in [0.25, 0.3) is 0 Å². The van der Waals surface area contributed by atoms with E-state index in [0.29, 0.717) is 43.1 Å². The summed E-state index contributed by atoms with van der Waals surface area (Å²) in [5.41, 5.74) is 20.1. The van der Waals surface area contributed by atoms with E-state index in [4.69, 9.17) is 0 Å². The van der Waals surface area contributed by atoms with Crippen LogP contribution in [0.25, 0.3) is 241 Å². The number of hydrogen-bond donors (Lipinski definition) is 0. The molecule has 4 aromatic heterocycles. The Labute approximate surface area is 737 Å². The molecule has 12 heteroatoms. The Kier molecular flexibility index (Phi) is 17.0. The molecule has 26 aromatic rings. The van der Waals surface area contributed by atoms with Crippen molar-refractivity contribution in [2.45, 2.75) is 13.8 Å². The van der Waals surface area contributed by atoms with Crippen LogP contribution in [0.1, 0.15) is 11.1 Å². The molecule has 0 saturated heterocycles. The SMILES string of the molecule is Cc1ccc2ccccc2c1-c1c2ccc(-n3c4ccc(F)cc4c4cc(F)ccc43)cc2c(-c2c(C)ccc3ccccc23)c2ccc(-n3c4ccc(F)cc4c4cc(F)ccc43)cc12.Fc1ccc2c(c1)c1cc(F)ccc1n2-c1ccc2c(-c3ccc4ccccc4c3)c3cc(-n4c5ccc(F)cc5c5cc(F)ccc54)ccc3c(-c3ccc4ccccc4c3)c2c1. The fraction of sp³-hybridized carbons (Fsp3) is 0.0169. The largest absolute Gasteiger partial charge is 0.309 e. The summed E-state index contributed by atoms with van der Waals surface area (Å²) in [5, 5.41) is 22.0. The molecule has 130 heavy (non-hydrogen) atoms. The summed E-state index contributed by atoms with van der Waals surface area (Å²) in [6, 6.07) is 119. The smallest absolute Gasteiger partial charge is 0.123 e. The highest BCUT2D eigenvalue weighted by Crippen LogP contribution is 2.53. The number of fused-ring (bicyclic) bond motifs is 20. The van der Waals surface area contributed by atoms with Crippen molar-refractivity contribution in [1.82, 2.24) is 18.3 Å². The molecule has 22 aromatic carbocycles. The predicted molar refractivity (Wildman–Crippen MR) is 521 cm³/mol. The molecule has 0 amide bonds. The molecule has 0 unspecified atom stereocenters. The summed E-state index contributed by atoms with van der Waals surface area (Å²) in [6.07, 6.45) is 0. The fourth-order valence-corrected chi connectivity index (χ4v) is 21.2. The normalized spacial score (nSPS) is 12.1. The molecule has 0 radical (unpaired) electrons. The summed E-state index contributed by atoms with van der Waals surface area (Å²) in [7, 11) is 0.